The number of hydrogen-bond acceptors (Lipinski definition) is 3. The minimum Gasteiger partial charge on any atom is -0.496 e. The summed E-state index contributed by atoms with van der Waals surface area (Å²) in [6.07, 6.45) is 1.06. The molecule has 0 bridgehead atoms. The van der Waals surface area contributed by atoms with Gasteiger partial charge in [0.15, 0.2) is 0 Å². The van der Waals surface area contributed by atoms with Gasteiger partial charge in [-0.3, -0.25) is 0 Å². The van der Waals surface area contributed by atoms with Gasteiger partial charge in [0, 0.05) is 15.5 Å². The Kier molecular flexibility index (Phi) is 5.73. The van der Waals surface area contributed by atoms with E-state index in [0.717, 1.165) is 28.6 Å². The highest BCUT2D eigenvalue weighted by Gasteiger charge is 2.19. The fourth-order valence-electron chi connectivity index (χ4n) is 2.06. The van der Waals surface area contributed by atoms with Crippen molar-refractivity contribution in [3.05, 3.63) is 50.1 Å². The zero-order chi connectivity index (χ0) is 14.5. The molecule has 0 spiro atoms. The molecule has 108 valence electrons. The molecule has 1 unspecified atom stereocenters. The van der Waals surface area contributed by atoms with Crippen LogP contribution in [0.4, 0.5) is 0 Å². The smallest absolute Gasteiger partial charge is 0.125 e. The number of nitrogens with one attached hydrogen (secondary N) is 1. The van der Waals surface area contributed by atoms with Gasteiger partial charge in [-0.15, -0.1) is 11.3 Å². The molecule has 2 aromatic rings. The van der Waals surface area contributed by atoms with Crippen LogP contribution < -0.4 is 10.1 Å². The van der Waals surface area contributed by atoms with Crippen molar-refractivity contribution >= 4 is 34.5 Å². The van der Waals surface area contributed by atoms with Crippen molar-refractivity contribution in [3.8, 4) is 5.75 Å². The fraction of sp³-hybridized carbons (Fsp3) is 0.333. The third kappa shape index (κ3) is 3.67. The first-order valence-electron chi connectivity index (χ1n) is 6.47. The molecular formula is C15H17Cl2NOS. The Labute approximate surface area is 133 Å². The molecule has 0 amide bonds. The minimum atomic E-state index is 0.0691. The first kappa shape index (κ1) is 15.6. The highest BCUT2D eigenvalue weighted by molar-refractivity contribution is 7.16. The first-order valence-corrected chi connectivity index (χ1v) is 8.05. The summed E-state index contributed by atoms with van der Waals surface area (Å²) in [4.78, 5) is 1.17. The van der Waals surface area contributed by atoms with Crippen molar-refractivity contribution in [1.82, 2.24) is 5.32 Å². The molecule has 0 aliphatic carbocycles. The molecule has 20 heavy (non-hydrogen) atoms. The molecule has 1 aromatic heterocycles. The minimum absolute atomic E-state index is 0.0691. The Morgan fingerprint density at radius 3 is 2.65 bits per heavy atom. The lowest BCUT2D eigenvalue weighted by atomic mass is 10.0. The van der Waals surface area contributed by atoms with Gasteiger partial charge in [-0.05, 0) is 37.2 Å². The number of ether oxygens (including phenoxy) is 1. The summed E-state index contributed by atoms with van der Waals surface area (Å²) in [6, 6.07) is 9.77. The third-order valence-corrected chi connectivity index (χ3v) is 4.51. The topological polar surface area (TPSA) is 21.3 Å². The van der Waals surface area contributed by atoms with Crippen LogP contribution in [0.15, 0.2) is 30.3 Å². The van der Waals surface area contributed by atoms with Crippen LogP contribution in [0.3, 0.4) is 0 Å². The zero-order valence-electron chi connectivity index (χ0n) is 11.5. The third-order valence-electron chi connectivity index (χ3n) is 2.98. The molecule has 2 rings (SSSR count). The lowest BCUT2D eigenvalue weighted by Gasteiger charge is -2.20. The Hall–Kier alpha value is -0.740. The van der Waals surface area contributed by atoms with E-state index < -0.39 is 0 Å². The number of methoxy groups -OCH3 is 1. The molecule has 0 fully saturated rings. The number of hydrogen-bond donors (Lipinski definition) is 1. The van der Waals surface area contributed by atoms with E-state index in [1.807, 2.05) is 30.3 Å². The second-order valence-electron chi connectivity index (χ2n) is 4.42. The van der Waals surface area contributed by atoms with Crippen LogP contribution in [-0.4, -0.2) is 13.7 Å². The predicted octanol–water partition coefficient (Wildman–Crippen LogP) is 5.15. The number of halogens is 2. The lowest BCUT2D eigenvalue weighted by Crippen LogP contribution is -2.22. The number of rotatable bonds is 6. The van der Waals surface area contributed by atoms with Gasteiger partial charge < -0.3 is 10.1 Å². The van der Waals surface area contributed by atoms with Crippen molar-refractivity contribution < 1.29 is 4.74 Å². The van der Waals surface area contributed by atoms with Crippen LogP contribution >= 0.6 is 34.5 Å². The molecule has 0 saturated heterocycles. The van der Waals surface area contributed by atoms with Gasteiger partial charge in [0.25, 0.3) is 0 Å². The quantitative estimate of drug-likeness (QED) is 0.790. The van der Waals surface area contributed by atoms with Gasteiger partial charge in [0.05, 0.1) is 17.5 Å². The molecule has 0 saturated carbocycles. The maximum atomic E-state index is 6.06. The average Bonchev–Trinajstić information content (AvgIpc) is 2.87. The molecule has 2 nitrogen and oxygen atoms in total. The van der Waals surface area contributed by atoms with Crippen LogP contribution in [0.1, 0.15) is 29.8 Å². The zero-order valence-corrected chi connectivity index (χ0v) is 13.8. The second kappa shape index (κ2) is 7.32. The Bertz CT molecular complexity index is 571. The van der Waals surface area contributed by atoms with Crippen molar-refractivity contribution in [2.24, 2.45) is 0 Å². The lowest BCUT2D eigenvalue weighted by molar-refractivity contribution is 0.404. The Balaban J connectivity index is 2.40. The Morgan fingerprint density at radius 1 is 1.25 bits per heavy atom. The van der Waals surface area contributed by atoms with Crippen LogP contribution in [-0.2, 0) is 0 Å². The van der Waals surface area contributed by atoms with Gasteiger partial charge in [-0.1, -0.05) is 36.2 Å². The standard InChI is InChI=1S/C15H17Cl2NOS/c1-3-8-18-15(13-6-7-14(17)20-13)11-5-4-10(16)9-12(11)19-2/h4-7,9,15,18H,3,8H2,1-2H3. The number of thiophene rings is 1. The first-order chi connectivity index (χ1) is 9.65. The van der Waals surface area contributed by atoms with E-state index in [1.165, 1.54) is 4.88 Å². The molecule has 1 atom stereocenters. The highest BCUT2D eigenvalue weighted by Crippen LogP contribution is 2.36. The maximum absolute atomic E-state index is 6.06. The summed E-state index contributed by atoms with van der Waals surface area (Å²) in [5.74, 6) is 0.788. The molecule has 0 aliphatic rings. The van der Waals surface area contributed by atoms with Gasteiger partial charge >= 0.3 is 0 Å². The SMILES string of the molecule is CCCNC(c1ccc(Cl)s1)c1ccc(Cl)cc1OC. The van der Waals surface area contributed by atoms with E-state index in [0.29, 0.717) is 5.02 Å². The second-order valence-corrected chi connectivity index (χ2v) is 6.60. The molecule has 1 aromatic carbocycles. The van der Waals surface area contributed by atoms with E-state index in [2.05, 4.69) is 12.2 Å². The molecule has 0 aliphatic heterocycles. The van der Waals surface area contributed by atoms with Crippen LogP contribution in [0, 0.1) is 0 Å². The van der Waals surface area contributed by atoms with Crippen LogP contribution in [0.5, 0.6) is 5.75 Å². The Morgan fingerprint density at radius 2 is 2.05 bits per heavy atom. The van der Waals surface area contributed by atoms with Crippen molar-refractivity contribution in [3.63, 3.8) is 0 Å². The highest BCUT2D eigenvalue weighted by atomic mass is 35.5. The monoisotopic (exact) mass is 329 g/mol. The summed E-state index contributed by atoms with van der Waals surface area (Å²) in [7, 11) is 1.66. The van der Waals surface area contributed by atoms with E-state index in [9.17, 15) is 0 Å². The summed E-state index contributed by atoms with van der Waals surface area (Å²) in [5.41, 5.74) is 1.07. The molecule has 5 heteroatoms. The summed E-state index contributed by atoms with van der Waals surface area (Å²) in [5, 5.41) is 4.21. The number of benzene rings is 1. The molecular weight excluding hydrogens is 313 g/mol. The fourth-order valence-corrected chi connectivity index (χ4v) is 3.38. The van der Waals surface area contributed by atoms with Gasteiger partial charge in [0.1, 0.15) is 5.75 Å². The predicted molar refractivity (Wildman–Crippen MR) is 87.5 cm³/mol. The average molecular weight is 330 g/mol. The van der Waals surface area contributed by atoms with Crippen LogP contribution in [0.25, 0.3) is 0 Å². The maximum Gasteiger partial charge on any atom is 0.125 e. The largest absolute Gasteiger partial charge is 0.496 e. The van der Waals surface area contributed by atoms with E-state index in [-0.39, 0.29) is 6.04 Å². The molecule has 1 heterocycles. The van der Waals surface area contributed by atoms with Crippen LogP contribution in [0.2, 0.25) is 9.36 Å². The summed E-state index contributed by atoms with van der Waals surface area (Å²) >= 11 is 13.7. The van der Waals surface area contributed by atoms with E-state index in [1.54, 1.807) is 18.4 Å². The van der Waals surface area contributed by atoms with Crippen molar-refractivity contribution in [1.29, 1.82) is 0 Å². The van der Waals surface area contributed by atoms with Crippen molar-refractivity contribution in [2.45, 2.75) is 19.4 Å². The van der Waals surface area contributed by atoms with Crippen molar-refractivity contribution in [2.75, 3.05) is 13.7 Å². The van der Waals surface area contributed by atoms with E-state index in [4.69, 9.17) is 27.9 Å². The summed E-state index contributed by atoms with van der Waals surface area (Å²) in [6.45, 7) is 3.07. The molecule has 0 radical (unpaired) electrons. The normalized spacial score (nSPS) is 12.4. The van der Waals surface area contributed by atoms with Gasteiger partial charge in [-0.25, -0.2) is 0 Å². The van der Waals surface area contributed by atoms with Gasteiger partial charge in [0.2, 0.25) is 0 Å². The van der Waals surface area contributed by atoms with E-state index >= 15 is 0 Å². The molecule has 1 N–H and O–H groups in total. The summed E-state index contributed by atoms with van der Waals surface area (Å²) < 4.78 is 6.25. The van der Waals surface area contributed by atoms with Gasteiger partial charge in [-0.2, -0.15) is 0 Å².